The molecular weight excluding hydrogens is 601 g/mol. The van der Waals surface area contributed by atoms with Crippen molar-refractivity contribution in [2.24, 2.45) is 11.8 Å². The lowest BCUT2D eigenvalue weighted by atomic mass is 9.54. The summed E-state index contributed by atoms with van der Waals surface area (Å²) in [6, 6.07) is 0. The van der Waals surface area contributed by atoms with Crippen LogP contribution in [0.1, 0.15) is 55.8 Å². The number of halogens is 11. The zero-order chi connectivity index (χ0) is 29.2. The average molecular weight is 616 g/mol. The van der Waals surface area contributed by atoms with Gasteiger partial charge in [-0.1, -0.05) is 0 Å². The van der Waals surface area contributed by atoms with Gasteiger partial charge >= 0.3 is 5.51 Å². The maximum absolute atomic E-state index is 15.6. The first-order valence-corrected chi connectivity index (χ1v) is 14.2. The van der Waals surface area contributed by atoms with Crippen molar-refractivity contribution in [2.45, 2.75) is 60.6 Å². The molecule has 0 aliphatic heterocycles. The Morgan fingerprint density at radius 3 is 1.77 bits per heavy atom. The van der Waals surface area contributed by atoms with E-state index >= 15 is 13.2 Å². The van der Waals surface area contributed by atoms with Gasteiger partial charge in [-0.15, -0.1) is 0 Å². The van der Waals surface area contributed by atoms with Gasteiger partial charge in [0.1, 0.15) is 5.67 Å². The molecule has 3 unspecified atom stereocenters. The van der Waals surface area contributed by atoms with E-state index in [4.69, 9.17) is 0 Å². The highest BCUT2D eigenvalue weighted by Gasteiger charge is 2.67. The molecular formula is C22H15F11O4S2. The van der Waals surface area contributed by atoms with Gasteiger partial charge in [0.05, 0.1) is 15.9 Å². The topological polar surface area (TPSA) is 68.3 Å². The Kier molecular flexibility index (Phi) is 5.96. The second-order valence-corrected chi connectivity index (χ2v) is 14.9. The largest absolute Gasteiger partial charge is 0.502 e. The van der Waals surface area contributed by atoms with Crippen molar-refractivity contribution in [1.82, 2.24) is 0 Å². The molecule has 4 bridgehead atoms. The van der Waals surface area contributed by atoms with E-state index in [1.165, 1.54) is 0 Å². The first kappa shape index (κ1) is 28.4. The average Bonchev–Trinajstić information content (AvgIpc) is 2.78. The molecule has 1 aromatic rings. The van der Waals surface area contributed by atoms with E-state index < -0.39 is 129 Å². The summed E-state index contributed by atoms with van der Waals surface area (Å²) in [4.78, 5) is 0. The number of hydrogen-bond donors (Lipinski definition) is 0. The Bertz CT molecular complexity index is 1580. The van der Waals surface area contributed by atoms with Gasteiger partial charge in [-0.05, 0) is 43.9 Å². The molecule has 0 radical (unpaired) electrons. The lowest BCUT2D eigenvalue weighted by molar-refractivity contribution is -0.0620. The lowest BCUT2D eigenvalue weighted by Gasteiger charge is -2.58. The van der Waals surface area contributed by atoms with Crippen LogP contribution in [0.4, 0.5) is 48.3 Å². The van der Waals surface area contributed by atoms with Crippen LogP contribution >= 0.6 is 0 Å². The van der Waals surface area contributed by atoms with Gasteiger partial charge in [0.2, 0.25) is 0 Å². The Labute approximate surface area is 213 Å². The first-order valence-electron chi connectivity index (χ1n) is 11.2. The van der Waals surface area contributed by atoms with Crippen molar-refractivity contribution in [3.63, 3.8) is 0 Å². The molecule has 216 valence electrons. The molecule has 0 spiro atoms. The number of sulfone groups is 2. The molecule has 0 aromatic heterocycles. The number of hydrogen-bond acceptors (Lipinski definition) is 4. The van der Waals surface area contributed by atoms with Gasteiger partial charge in [-0.3, -0.25) is 0 Å². The normalized spacial score (nSPS) is 34.0. The minimum Gasteiger partial charge on any atom is -0.244 e. The molecule has 0 heterocycles. The fourth-order valence-electron chi connectivity index (χ4n) is 6.90. The molecule has 0 N–H and O–H groups in total. The van der Waals surface area contributed by atoms with Gasteiger partial charge in [0.25, 0.3) is 9.84 Å². The predicted molar refractivity (Wildman–Crippen MR) is 111 cm³/mol. The van der Waals surface area contributed by atoms with Crippen molar-refractivity contribution >= 4 is 25.5 Å². The van der Waals surface area contributed by atoms with Crippen LogP contribution in [-0.2, 0) is 19.7 Å². The van der Waals surface area contributed by atoms with Crippen LogP contribution in [0.25, 0.3) is 5.83 Å². The third-order valence-electron chi connectivity index (χ3n) is 7.98. The van der Waals surface area contributed by atoms with E-state index in [1.54, 1.807) is 0 Å². The van der Waals surface area contributed by atoms with Crippen LogP contribution in [0.5, 0.6) is 0 Å². The SMILES string of the molecule is O=S(=O)(/C(=C1\C(F)=C(F)c2c(F)c(F)c(F)c(F)c2C1F)S(=O)(=O)C12CC3CC(CC(F)(C3)C1)C2)C(F)(F)F. The summed E-state index contributed by atoms with van der Waals surface area (Å²) >= 11 is 0. The number of allylic oxidation sites excluding steroid dienone is 2. The summed E-state index contributed by atoms with van der Waals surface area (Å²) in [6.07, 6.45) is -6.44. The first-order chi connectivity index (χ1) is 17.7. The summed E-state index contributed by atoms with van der Waals surface area (Å²) in [5.74, 6) is -18.4. The molecule has 4 nitrogen and oxygen atoms in total. The number of rotatable bonds is 3. The van der Waals surface area contributed by atoms with E-state index in [9.17, 15) is 52.0 Å². The fraction of sp³-hybridized carbons (Fsp3) is 0.545. The Morgan fingerprint density at radius 1 is 0.769 bits per heavy atom. The Hall–Kier alpha value is -2.17. The Balaban J connectivity index is 1.89. The van der Waals surface area contributed by atoms with Gasteiger partial charge in [-0.25, -0.2) is 52.0 Å². The van der Waals surface area contributed by atoms with Gasteiger partial charge in [-0.2, -0.15) is 13.2 Å². The maximum atomic E-state index is 15.6. The molecule has 4 fully saturated rings. The van der Waals surface area contributed by atoms with Crippen molar-refractivity contribution in [2.75, 3.05) is 0 Å². The van der Waals surface area contributed by atoms with Gasteiger partial charge in [0, 0.05) is 12.0 Å². The Morgan fingerprint density at radius 2 is 1.28 bits per heavy atom. The summed E-state index contributed by atoms with van der Waals surface area (Å²) < 4.78 is 206. The summed E-state index contributed by atoms with van der Waals surface area (Å²) in [5, 5.41) is 0. The number of fused-ring (bicyclic) bond motifs is 1. The van der Waals surface area contributed by atoms with Crippen molar-refractivity contribution in [3.8, 4) is 0 Å². The molecule has 17 heteroatoms. The highest BCUT2D eigenvalue weighted by molar-refractivity contribution is 8.15. The molecule has 3 atom stereocenters. The zero-order valence-electron chi connectivity index (χ0n) is 19.1. The zero-order valence-corrected chi connectivity index (χ0v) is 20.7. The van der Waals surface area contributed by atoms with Crippen LogP contribution in [0.2, 0.25) is 0 Å². The van der Waals surface area contributed by atoms with Gasteiger partial charge in [0.15, 0.2) is 55.2 Å². The summed E-state index contributed by atoms with van der Waals surface area (Å²) in [7, 11) is -13.5. The van der Waals surface area contributed by atoms with Crippen LogP contribution < -0.4 is 0 Å². The minimum absolute atomic E-state index is 0.198. The van der Waals surface area contributed by atoms with Crippen LogP contribution in [0, 0.1) is 35.1 Å². The van der Waals surface area contributed by atoms with Gasteiger partial charge < -0.3 is 0 Å². The molecule has 6 rings (SSSR count). The molecule has 5 aliphatic carbocycles. The minimum atomic E-state index is -7.34. The third kappa shape index (κ3) is 3.66. The molecule has 0 saturated heterocycles. The third-order valence-corrected chi connectivity index (χ3v) is 12.9. The standard InChI is InChI=1S/C22H15F11O4S2/c23-12-9-10(15(26)18(29)17(28)14(9)25)13(24)16(27)11(12)19(39(36,37)22(31,32)33)38(34,35)21-4-7-1-8(5-21)3-20(30,2-7)6-21/h7-8,12H,1-6H2/b19-11-. The quantitative estimate of drug-likeness (QED) is 0.221. The van der Waals surface area contributed by atoms with Crippen LogP contribution in [0.15, 0.2) is 15.6 Å². The van der Waals surface area contributed by atoms with E-state index in [-0.39, 0.29) is 19.3 Å². The predicted octanol–water partition coefficient (Wildman–Crippen LogP) is 6.50. The number of benzene rings is 1. The van der Waals surface area contributed by atoms with Crippen molar-refractivity contribution < 1.29 is 65.1 Å². The molecule has 39 heavy (non-hydrogen) atoms. The molecule has 5 aliphatic rings. The lowest BCUT2D eigenvalue weighted by Crippen LogP contribution is -2.61. The molecule has 1 aromatic carbocycles. The van der Waals surface area contributed by atoms with Crippen LogP contribution in [-0.4, -0.2) is 32.8 Å². The van der Waals surface area contributed by atoms with E-state index in [1.807, 2.05) is 0 Å². The molecule has 0 amide bonds. The van der Waals surface area contributed by atoms with Crippen molar-refractivity contribution in [3.05, 3.63) is 50.0 Å². The second kappa shape index (κ2) is 8.19. The summed E-state index contributed by atoms with van der Waals surface area (Å²) in [5.41, 5.74) is -16.1. The number of alkyl halides is 5. The highest BCUT2D eigenvalue weighted by Crippen LogP contribution is 2.64. The monoisotopic (exact) mass is 616 g/mol. The van der Waals surface area contributed by atoms with E-state index in [0.29, 0.717) is 0 Å². The van der Waals surface area contributed by atoms with E-state index in [0.717, 1.165) is 0 Å². The highest BCUT2D eigenvalue weighted by atomic mass is 32.3. The van der Waals surface area contributed by atoms with E-state index in [2.05, 4.69) is 0 Å². The summed E-state index contributed by atoms with van der Waals surface area (Å²) in [6.45, 7) is 0. The maximum Gasteiger partial charge on any atom is 0.502 e. The van der Waals surface area contributed by atoms with Crippen LogP contribution in [0.3, 0.4) is 0 Å². The second-order valence-electron chi connectivity index (χ2n) is 10.5. The fourth-order valence-corrected chi connectivity index (χ4v) is 11.8. The van der Waals surface area contributed by atoms with Crippen molar-refractivity contribution in [1.29, 1.82) is 0 Å². The molecule has 4 saturated carbocycles. The smallest absolute Gasteiger partial charge is 0.244 e.